The number of benzene rings is 1. The van der Waals surface area contributed by atoms with Crippen LogP contribution in [0.4, 0.5) is 0 Å². The van der Waals surface area contributed by atoms with Gasteiger partial charge in [0.15, 0.2) is 6.29 Å². The number of carbonyl (C=O) groups is 3. The Bertz CT molecular complexity index is 837. The van der Waals surface area contributed by atoms with Crippen LogP contribution in [0.5, 0.6) is 0 Å². The fraction of sp³-hybridized carbons (Fsp3) is 0.316. The zero-order chi connectivity index (χ0) is 17.8. The van der Waals surface area contributed by atoms with Gasteiger partial charge in [0.25, 0.3) is 0 Å². The van der Waals surface area contributed by atoms with Gasteiger partial charge in [-0.3, -0.25) is 9.69 Å². The number of rotatable bonds is 6. The van der Waals surface area contributed by atoms with Gasteiger partial charge < -0.3 is 14.5 Å². The molecule has 1 aliphatic rings. The highest BCUT2D eigenvalue weighted by Gasteiger charge is 2.29. The molecule has 0 saturated carbocycles. The number of hydrogen-bond acceptors (Lipinski definition) is 5. The van der Waals surface area contributed by atoms with Gasteiger partial charge in [0.2, 0.25) is 0 Å². The summed E-state index contributed by atoms with van der Waals surface area (Å²) >= 11 is 0. The molecule has 3 rings (SSSR count). The van der Waals surface area contributed by atoms with E-state index >= 15 is 0 Å². The molecule has 0 bridgehead atoms. The van der Waals surface area contributed by atoms with Gasteiger partial charge in [-0.05, 0) is 24.5 Å². The molecule has 1 aliphatic heterocycles. The molecule has 1 aromatic heterocycles. The lowest BCUT2D eigenvalue weighted by Crippen LogP contribution is -2.36. The van der Waals surface area contributed by atoms with Gasteiger partial charge in [-0.2, -0.15) is 0 Å². The molecule has 1 aromatic carbocycles. The first kappa shape index (κ1) is 17.1. The highest BCUT2D eigenvalue weighted by Crippen LogP contribution is 2.36. The molecule has 130 valence electrons. The Morgan fingerprint density at radius 2 is 2.16 bits per heavy atom. The van der Waals surface area contributed by atoms with Crippen LogP contribution in [0, 0.1) is 0 Å². The average molecular weight is 340 g/mol. The van der Waals surface area contributed by atoms with Crippen LogP contribution < -0.4 is 0 Å². The predicted molar refractivity (Wildman–Crippen MR) is 93.2 cm³/mol. The zero-order valence-electron chi connectivity index (χ0n) is 14.0. The second-order valence-corrected chi connectivity index (χ2v) is 5.99. The first-order valence-electron chi connectivity index (χ1n) is 8.20. The maximum absolute atomic E-state index is 11.6. The number of H-pyrrole nitrogens is 1. The van der Waals surface area contributed by atoms with Crippen molar-refractivity contribution in [3.8, 4) is 0 Å². The maximum atomic E-state index is 11.6. The summed E-state index contributed by atoms with van der Waals surface area (Å²) in [4.78, 5) is 39.3. The van der Waals surface area contributed by atoms with Crippen molar-refractivity contribution in [1.82, 2.24) is 9.88 Å². The van der Waals surface area contributed by atoms with Gasteiger partial charge in [0.05, 0.1) is 25.3 Å². The van der Waals surface area contributed by atoms with Crippen molar-refractivity contribution in [2.45, 2.75) is 18.9 Å². The molecule has 0 unspecified atom stereocenters. The number of aldehydes is 2. The Morgan fingerprint density at radius 1 is 1.36 bits per heavy atom. The first-order valence-corrected chi connectivity index (χ1v) is 8.20. The minimum absolute atomic E-state index is 0.00297. The maximum Gasteiger partial charge on any atom is 0.340 e. The van der Waals surface area contributed by atoms with Gasteiger partial charge in [-0.15, -0.1) is 0 Å². The van der Waals surface area contributed by atoms with Crippen LogP contribution in [0.25, 0.3) is 10.9 Å². The van der Waals surface area contributed by atoms with Crippen LogP contribution in [-0.2, 0) is 25.5 Å². The zero-order valence-corrected chi connectivity index (χ0v) is 14.0. The first-order chi connectivity index (χ1) is 12.2. The SMILES string of the molecule is COC(=O)/C(C=O)=C/C[C@H]1c2[nH]c3ccccc3c2CCN1CC=O. The van der Waals surface area contributed by atoms with Crippen molar-refractivity contribution in [3.63, 3.8) is 0 Å². The molecule has 0 spiro atoms. The van der Waals surface area contributed by atoms with Crippen LogP contribution in [0.1, 0.15) is 23.7 Å². The van der Waals surface area contributed by atoms with E-state index < -0.39 is 5.97 Å². The van der Waals surface area contributed by atoms with E-state index in [4.69, 9.17) is 0 Å². The van der Waals surface area contributed by atoms with Crippen molar-refractivity contribution < 1.29 is 19.1 Å². The lowest BCUT2D eigenvalue weighted by molar-refractivity contribution is -0.136. The number of aromatic nitrogens is 1. The number of ether oxygens (including phenoxy) is 1. The van der Waals surface area contributed by atoms with Gasteiger partial charge >= 0.3 is 5.97 Å². The molecule has 0 saturated heterocycles. The molecule has 0 amide bonds. The highest BCUT2D eigenvalue weighted by molar-refractivity contribution is 6.07. The normalized spacial score (nSPS) is 18.0. The Labute approximate surface area is 145 Å². The van der Waals surface area contributed by atoms with Crippen LogP contribution in [0.2, 0.25) is 0 Å². The third-order valence-corrected chi connectivity index (χ3v) is 4.69. The predicted octanol–water partition coefficient (Wildman–Crippen LogP) is 1.95. The second-order valence-electron chi connectivity index (χ2n) is 5.99. The van der Waals surface area contributed by atoms with E-state index in [2.05, 4.69) is 20.7 Å². The Morgan fingerprint density at radius 3 is 2.88 bits per heavy atom. The highest BCUT2D eigenvalue weighted by atomic mass is 16.5. The van der Waals surface area contributed by atoms with E-state index in [1.807, 2.05) is 18.2 Å². The molecule has 25 heavy (non-hydrogen) atoms. The van der Waals surface area contributed by atoms with Crippen LogP contribution in [-0.4, -0.2) is 48.6 Å². The third kappa shape index (κ3) is 3.25. The van der Waals surface area contributed by atoms with Crippen molar-refractivity contribution in [2.75, 3.05) is 20.2 Å². The molecule has 6 heteroatoms. The lowest BCUT2D eigenvalue weighted by Gasteiger charge is -2.34. The van der Waals surface area contributed by atoms with E-state index in [1.165, 1.54) is 18.1 Å². The van der Waals surface area contributed by atoms with E-state index in [9.17, 15) is 14.4 Å². The summed E-state index contributed by atoms with van der Waals surface area (Å²) in [7, 11) is 1.24. The van der Waals surface area contributed by atoms with E-state index in [1.54, 1.807) is 6.08 Å². The second kappa shape index (κ2) is 7.44. The summed E-state index contributed by atoms with van der Waals surface area (Å²) < 4.78 is 4.62. The number of aromatic amines is 1. The Kier molecular flexibility index (Phi) is 5.09. The van der Waals surface area contributed by atoms with Gasteiger partial charge in [-0.1, -0.05) is 24.3 Å². The van der Waals surface area contributed by atoms with E-state index in [0.29, 0.717) is 19.3 Å². The minimum Gasteiger partial charge on any atom is -0.465 e. The van der Waals surface area contributed by atoms with Crippen LogP contribution in [0.3, 0.4) is 0 Å². The Balaban J connectivity index is 1.99. The molecule has 1 N–H and O–H groups in total. The molecule has 6 nitrogen and oxygen atoms in total. The van der Waals surface area contributed by atoms with Crippen molar-refractivity contribution in [1.29, 1.82) is 0 Å². The van der Waals surface area contributed by atoms with Gasteiger partial charge in [0, 0.05) is 23.1 Å². The van der Waals surface area contributed by atoms with Gasteiger partial charge in [0.1, 0.15) is 6.29 Å². The Hall–Kier alpha value is -2.73. The molecule has 2 aromatic rings. The fourth-order valence-electron chi connectivity index (χ4n) is 3.49. The number of fused-ring (bicyclic) bond motifs is 3. The van der Waals surface area contributed by atoms with E-state index in [0.717, 1.165) is 30.5 Å². The summed E-state index contributed by atoms with van der Waals surface area (Å²) in [6, 6.07) is 7.99. The molecule has 0 fully saturated rings. The van der Waals surface area contributed by atoms with Crippen molar-refractivity contribution >= 4 is 29.4 Å². The molecular weight excluding hydrogens is 320 g/mol. The number of nitrogens with one attached hydrogen (secondary N) is 1. The molecule has 2 heterocycles. The monoisotopic (exact) mass is 340 g/mol. The summed E-state index contributed by atoms with van der Waals surface area (Å²) in [5.74, 6) is -0.649. The lowest BCUT2D eigenvalue weighted by atomic mass is 9.94. The summed E-state index contributed by atoms with van der Waals surface area (Å²) in [5, 5.41) is 1.18. The molecule has 0 aliphatic carbocycles. The number of methoxy groups -OCH3 is 1. The molecule has 1 atom stereocenters. The smallest absolute Gasteiger partial charge is 0.340 e. The fourth-order valence-corrected chi connectivity index (χ4v) is 3.49. The molecular formula is C19H20N2O4. The topological polar surface area (TPSA) is 79.5 Å². The largest absolute Gasteiger partial charge is 0.465 e. The van der Waals surface area contributed by atoms with Crippen LogP contribution in [0.15, 0.2) is 35.9 Å². The summed E-state index contributed by atoms with van der Waals surface area (Å²) in [5.41, 5.74) is 3.33. The van der Waals surface area contributed by atoms with Crippen molar-refractivity contribution in [3.05, 3.63) is 47.2 Å². The quantitative estimate of drug-likeness (QED) is 0.286. The average Bonchev–Trinajstić information content (AvgIpc) is 3.02. The number of carbonyl (C=O) groups excluding carboxylic acids is 3. The third-order valence-electron chi connectivity index (χ3n) is 4.69. The van der Waals surface area contributed by atoms with Crippen molar-refractivity contribution in [2.24, 2.45) is 0 Å². The number of esters is 1. The summed E-state index contributed by atoms with van der Waals surface area (Å²) in [6.07, 6.45) is 4.26. The van der Waals surface area contributed by atoms with Gasteiger partial charge in [-0.25, -0.2) is 4.79 Å². The number of para-hydroxylation sites is 1. The summed E-state index contributed by atoms with van der Waals surface area (Å²) in [6.45, 7) is 1.06. The standard InChI is InChI=1S/C19H20N2O4/c1-25-19(24)13(12-23)6-7-17-18-15(8-9-21(17)10-11-22)14-4-2-3-5-16(14)20-18/h2-6,11-12,17,20H,7-10H2,1H3/b13-6+/t17-/m0/s1. The number of nitrogens with zero attached hydrogens (tertiary/aromatic N) is 1. The minimum atomic E-state index is -0.649. The van der Waals surface area contributed by atoms with E-state index in [-0.39, 0.29) is 11.6 Å². The molecule has 0 radical (unpaired) electrons. The van der Waals surface area contributed by atoms with Crippen LogP contribution >= 0.6 is 0 Å². The number of hydrogen-bond donors (Lipinski definition) is 1.